The van der Waals surface area contributed by atoms with Gasteiger partial charge >= 0.3 is 0 Å². The number of hydrogen-bond acceptors (Lipinski definition) is 4. The first kappa shape index (κ1) is 13.9. The van der Waals surface area contributed by atoms with Crippen molar-refractivity contribution in [2.45, 2.75) is 6.92 Å². The Bertz CT molecular complexity index is 612. The third-order valence-corrected chi connectivity index (χ3v) is 2.91. The molecule has 0 saturated heterocycles. The number of nitrogens with two attached hydrogens (primary N) is 1. The van der Waals surface area contributed by atoms with E-state index in [0.717, 1.165) is 17.3 Å². The molecule has 0 amide bonds. The second-order valence-corrected chi connectivity index (χ2v) is 4.28. The highest BCUT2D eigenvalue weighted by atomic mass is 16.5. The van der Waals surface area contributed by atoms with Gasteiger partial charge in [0.2, 0.25) is 0 Å². The molecule has 2 aromatic rings. The maximum Gasteiger partial charge on any atom is 0.175 e. The summed E-state index contributed by atoms with van der Waals surface area (Å²) in [5.41, 5.74) is 7.11. The van der Waals surface area contributed by atoms with Gasteiger partial charge in [-0.15, -0.1) is 0 Å². The summed E-state index contributed by atoms with van der Waals surface area (Å²) in [6, 6.07) is 11.2. The van der Waals surface area contributed by atoms with Gasteiger partial charge in [-0.05, 0) is 31.2 Å². The van der Waals surface area contributed by atoms with E-state index in [-0.39, 0.29) is 5.84 Å². The molecule has 0 unspecified atom stereocenters. The van der Waals surface area contributed by atoms with E-state index >= 15 is 0 Å². The molecule has 0 bridgehead atoms. The van der Waals surface area contributed by atoms with Crippen LogP contribution >= 0.6 is 0 Å². The number of rotatable bonds is 5. The van der Waals surface area contributed by atoms with Crippen molar-refractivity contribution in [3.63, 3.8) is 0 Å². The Hall–Kier alpha value is -2.56. The van der Waals surface area contributed by atoms with E-state index in [1.54, 1.807) is 6.20 Å². The van der Waals surface area contributed by atoms with Gasteiger partial charge in [0.05, 0.1) is 6.61 Å². The molecular weight excluding hydrogens is 252 g/mol. The van der Waals surface area contributed by atoms with Crippen molar-refractivity contribution in [2.75, 3.05) is 18.6 Å². The van der Waals surface area contributed by atoms with Gasteiger partial charge in [0.15, 0.2) is 11.6 Å². The van der Waals surface area contributed by atoms with Crippen molar-refractivity contribution < 1.29 is 4.74 Å². The number of nitrogen functional groups attached to an aromatic ring is 1. The Morgan fingerprint density at radius 1 is 1.35 bits per heavy atom. The molecule has 0 aliphatic heterocycles. The zero-order chi connectivity index (χ0) is 14.5. The number of ether oxygens (including phenoxy) is 1. The van der Waals surface area contributed by atoms with Crippen LogP contribution in [-0.4, -0.2) is 24.5 Å². The summed E-state index contributed by atoms with van der Waals surface area (Å²) in [6.45, 7) is 2.52. The molecule has 1 aromatic carbocycles. The molecule has 0 fully saturated rings. The van der Waals surface area contributed by atoms with Crippen LogP contribution in [-0.2, 0) is 0 Å². The van der Waals surface area contributed by atoms with Gasteiger partial charge in [-0.3, -0.25) is 5.41 Å². The predicted molar refractivity (Wildman–Crippen MR) is 80.9 cm³/mol. The van der Waals surface area contributed by atoms with E-state index in [9.17, 15) is 0 Å². The second kappa shape index (κ2) is 6.06. The van der Waals surface area contributed by atoms with E-state index in [2.05, 4.69) is 4.98 Å². The maximum absolute atomic E-state index is 7.50. The van der Waals surface area contributed by atoms with Crippen LogP contribution in [0.15, 0.2) is 42.6 Å². The van der Waals surface area contributed by atoms with Gasteiger partial charge in [0.25, 0.3) is 0 Å². The van der Waals surface area contributed by atoms with Crippen LogP contribution in [0.25, 0.3) is 0 Å². The molecule has 0 aliphatic rings. The topological polar surface area (TPSA) is 75.2 Å². The standard InChI is InChI=1S/C15H18N4O/c1-3-20-13-8-5-9-18-15(13)19(2)12-7-4-6-11(10-12)14(16)17/h4-10H,3H2,1-2H3,(H3,16,17). The van der Waals surface area contributed by atoms with Crippen LogP contribution in [0.1, 0.15) is 12.5 Å². The summed E-state index contributed by atoms with van der Waals surface area (Å²) in [7, 11) is 1.91. The van der Waals surface area contributed by atoms with Gasteiger partial charge in [-0.25, -0.2) is 4.98 Å². The van der Waals surface area contributed by atoms with E-state index in [1.165, 1.54) is 0 Å². The Morgan fingerprint density at radius 2 is 2.15 bits per heavy atom. The number of pyridine rings is 1. The van der Waals surface area contributed by atoms with Gasteiger partial charge in [-0.2, -0.15) is 0 Å². The van der Waals surface area contributed by atoms with Gasteiger partial charge in [0, 0.05) is 24.5 Å². The van der Waals surface area contributed by atoms with Crippen molar-refractivity contribution in [3.05, 3.63) is 48.2 Å². The summed E-state index contributed by atoms with van der Waals surface area (Å²) in [5.74, 6) is 1.51. The second-order valence-electron chi connectivity index (χ2n) is 4.28. The molecule has 0 spiro atoms. The lowest BCUT2D eigenvalue weighted by atomic mass is 10.1. The van der Waals surface area contributed by atoms with E-state index in [4.69, 9.17) is 15.9 Å². The predicted octanol–water partition coefficient (Wildman–Crippen LogP) is 2.53. The lowest BCUT2D eigenvalue weighted by Gasteiger charge is -2.21. The zero-order valence-corrected chi connectivity index (χ0v) is 11.6. The van der Waals surface area contributed by atoms with Crippen LogP contribution in [0.5, 0.6) is 5.75 Å². The fraction of sp³-hybridized carbons (Fsp3) is 0.200. The first-order chi connectivity index (χ1) is 9.63. The molecule has 2 rings (SSSR count). The highest BCUT2D eigenvalue weighted by Gasteiger charge is 2.12. The van der Waals surface area contributed by atoms with Crippen LogP contribution in [0.3, 0.4) is 0 Å². The largest absolute Gasteiger partial charge is 0.490 e. The fourth-order valence-electron chi connectivity index (χ4n) is 1.91. The number of anilines is 2. The Kier molecular flexibility index (Phi) is 4.20. The molecule has 5 heteroatoms. The lowest BCUT2D eigenvalue weighted by molar-refractivity contribution is 0.340. The van der Waals surface area contributed by atoms with Crippen molar-refractivity contribution in [3.8, 4) is 5.75 Å². The third kappa shape index (κ3) is 2.88. The minimum atomic E-state index is 0.0475. The summed E-state index contributed by atoms with van der Waals surface area (Å²) < 4.78 is 5.59. The minimum absolute atomic E-state index is 0.0475. The quantitative estimate of drug-likeness (QED) is 0.646. The minimum Gasteiger partial charge on any atom is -0.490 e. The average Bonchev–Trinajstić information content (AvgIpc) is 2.47. The molecule has 1 heterocycles. The third-order valence-electron chi connectivity index (χ3n) is 2.91. The summed E-state index contributed by atoms with van der Waals surface area (Å²) in [4.78, 5) is 6.28. The van der Waals surface area contributed by atoms with Gasteiger partial charge in [-0.1, -0.05) is 12.1 Å². The Labute approximate surface area is 118 Å². The normalized spacial score (nSPS) is 10.1. The zero-order valence-electron chi connectivity index (χ0n) is 11.6. The molecule has 0 radical (unpaired) electrons. The maximum atomic E-state index is 7.50. The summed E-state index contributed by atoms with van der Waals surface area (Å²) in [6.07, 6.45) is 1.73. The van der Waals surface area contributed by atoms with Gasteiger partial charge < -0.3 is 15.4 Å². The molecule has 0 saturated carbocycles. The van der Waals surface area contributed by atoms with Crippen LogP contribution in [0.2, 0.25) is 0 Å². The number of nitrogens with one attached hydrogen (secondary N) is 1. The highest BCUT2D eigenvalue weighted by Crippen LogP contribution is 2.30. The number of hydrogen-bond donors (Lipinski definition) is 2. The van der Waals surface area contributed by atoms with Crippen molar-refractivity contribution in [1.29, 1.82) is 5.41 Å². The van der Waals surface area contributed by atoms with Crippen molar-refractivity contribution in [2.24, 2.45) is 5.73 Å². The number of amidine groups is 1. The van der Waals surface area contributed by atoms with Crippen LogP contribution < -0.4 is 15.4 Å². The highest BCUT2D eigenvalue weighted by molar-refractivity contribution is 5.96. The van der Waals surface area contributed by atoms with Gasteiger partial charge in [0.1, 0.15) is 5.84 Å². The summed E-state index contributed by atoms with van der Waals surface area (Å²) >= 11 is 0. The summed E-state index contributed by atoms with van der Waals surface area (Å²) in [5, 5.41) is 7.50. The molecule has 104 valence electrons. The lowest BCUT2D eigenvalue weighted by Crippen LogP contribution is -2.15. The average molecular weight is 270 g/mol. The van der Waals surface area contributed by atoms with Crippen LogP contribution in [0, 0.1) is 5.41 Å². The van der Waals surface area contributed by atoms with Crippen molar-refractivity contribution >= 4 is 17.3 Å². The van der Waals surface area contributed by atoms with Crippen LogP contribution in [0.4, 0.5) is 11.5 Å². The van der Waals surface area contributed by atoms with E-state index in [1.807, 2.05) is 55.3 Å². The number of nitrogens with zero attached hydrogens (tertiary/aromatic N) is 2. The molecule has 1 aromatic heterocycles. The Morgan fingerprint density at radius 3 is 2.85 bits per heavy atom. The first-order valence-electron chi connectivity index (χ1n) is 6.39. The van der Waals surface area contributed by atoms with E-state index in [0.29, 0.717) is 12.2 Å². The van der Waals surface area contributed by atoms with E-state index < -0.39 is 0 Å². The molecule has 20 heavy (non-hydrogen) atoms. The molecule has 0 aliphatic carbocycles. The number of benzene rings is 1. The molecule has 3 N–H and O–H groups in total. The fourth-order valence-corrected chi connectivity index (χ4v) is 1.91. The Balaban J connectivity index is 2.38. The first-order valence-corrected chi connectivity index (χ1v) is 6.39. The smallest absolute Gasteiger partial charge is 0.175 e. The molecular formula is C15H18N4O. The molecule has 0 atom stereocenters. The SMILES string of the molecule is CCOc1cccnc1N(C)c1cccc(C(=N)N)c1. The monoisotopic (exact) mass is 270 g/mol. The molecule has 5 nitrogen and oxygen atoms in total. The number of aromatic nitrogens is 1. The van der Waals surface area contributed by atoms with Crippen molar-refractivity contribution in [1.82, 2.24) is 4.98 Å².